The van der Waals surface area contributed by atoms with E-state index in [1.54, 1.807) is 0 Å². The predicted molar refractivity (Wildman–Crippen MR) is 67.0 cm³/mol. The second-order valence-electron chi connectivity index (χ2n) is 3.98. The van der Waals surface area contributed by atoms with Crippen molar-refractivity contribution in [3.05, 3.63) is 30.5 Å². The highest BCUT2D eigenvalue weighted by molar-refractivity contribution is 5.21. The zero-order valence-electron chi connectivity index (χ0n) is 10.4. The molecule has 92 valence electrons. The SMILES string of the molecule is CCCNCc1cn(-c2ccn(CC)n2)cn1. The number of rotatable bonds is 6. The van der Waals surface area contributed by atoms with Crippen molar-refractivity contribution >= 4 is 0 Å². The number of nitrogens with zero attached hydrogens (tertiary/aromatic N) is 4. The summed E-state index contributed by atoms with van der Waals surface area (Å²) in [5.74, 6) is 0.918. The average molecular weight is 233 g/mol. The Morgan fingerprint density at radius 1 is 1.35 bits per heavy atom. The van der Waals surface area contributed by atoms with Crippen molar-refractivity contribution in [1.82, 2.24) is 24.6 Å². The summed E-state index contributed by atoms with van der Waals surface area (Å²) in [6.07, 6.45) is 6.95. The zero-order chi connectivity index (χ0) is 12.1. The van der Waals surface area contributed by atoms with E-state index in [1.165, 1.54) is 0 Å². The lowest BCUT2D eigenvalue weighted by molar-refractivity contribution is 0.652. The van der Waals surface area contributed by atoms with E-state index in [9.17, 15) is 0 Å². The van der Waals surface area contributed by atoms with Crippen molar-refractivity contribution in [2.45, 2.75) is 33.4 Å². The fourth-order valence-corrected chi connectivity index (χ4v) is 1.64. The highest BCUT2D eigenvalue weighted by Gasteiger charge is 2.03. The van der Waals surface area contributed by atoms with E-state index in [2.05, 4.69) is 29.2 Å². The molecule has 0 saturated heterocycles. The maximum absolute atomic E-state index is 4.43. The van der Waals surface area contributed by atoms with Gasteiger partial charge < -0.3 is 5.32 Å². The van der Waals surface area contributed by atoms with Gasteiger partial charge in [0.1, 0.15) is 6.33 Å². The number of aryl methyl sites for hydroxylation is 1. The van der Waals surface area contributed by atoms with Crippen LogP contribution in [-0.2, 0) is 13.1 Å². The monoisotopic (exact) mass is 233 g/mol. The summed E-state index contributed by atoms with van der Waals surface area (Å²) < 4.78 is 3.86. The molecule has 0 aromatic carbocycles. The van der Waals surface area contributed by atoms with Gasteiger partial charge in [-0.2, -0.15) is 5.10 Å². The average Bonchev–Trinajstić information content (AvgIpc) is 2.97. The lowest BCUT2D eigenvalue weighted by Crippen LogP contribution is -2.13. The third kappa shape index (κ3) is 2.94. The third-order valence-electron chi connectivity index (χ3n) is 2.58. The first-order valence-corrected chi connectivity index (χ1v) is 6.11. The van der Waals surface area contributed by atoms with E-state index in [4.69, 9.17) is 0 Å². The van der Waals surface area contributed by atoms with Crippen LogP contribution in [0.4, 0.5) is 0 Å². The van der Waals surface area contributed by atoms with E-state index >= 15 is 0 Å². The first-order valence-electron chi connectivity index (χ1n) is 6.11. The highest BCUT2D eigenvalue weighted by Crippen LogP contribution is 2.05. The van der Waals surface area contributed by atoms with E-state index in [1.807, 2.05) is 34.0 Å². The van der Waals surface area contributed by atoms with Crippen LogP contribution >= 0.6 is 0 Å². The number of aromatic nitrogens is 4. The van der Waals surface area contributed by atoms with Gasteiger partial charge in [-0.3, -0.25) is 9.25 Å². The fourth-order valence-electron chi connectivity index (χ4n) is 1.64. The van der Waals surface area contributed by atoms with Crippen molar-refractivity contribution in [1.29, 1.82) is 0 Å². The molecule has 0 spiro atoms. The fraction of sp³-hybridized carbons (Fsp3) is 0.500. The minimum Gasteiger partial charge on any atom is -0.311 e. The Hall–Kier alpha value is -1.62. The second-order valence-corrected chi connectivity index (χ2v) is 3.98. The number of imidazole rings is 1. The Kier molecular flexibility index (Phi) is 3.93. The topological polar surface area (TPSA) is 47.7 Å². The molecule has 1 N–H and O–H groups in total. The molecule has 2 aromatic heterocycles. The van der Waals surface area contributed by atoms with Gasteiger partial charge in [0, 0.05) is 31.5 Å². The number of nitrogens with one attached hydrogen (secondary N) is 1. The quantitative estimate of drug-likeness (QED) is 0.771. The van der Waals surface area contributed by atoms with Gasteiger partial charge in [-0.1, -0.05) is 6.92 Å². The Labute approximate surface area is 101 Å². The van der Waals surface area contributed by atoms with Gasteiger partial charge in [-0.05, 0) is 19.9 Å². The van der Waals surface area contributed by atoms with Crippen molar-refractivity contribution in [3.63, 3.8) is 0 Å². The van der Waals surface area contributed by atoms with Crippen molar-refractivity contribution < 1.29 is 0 Å². The first-order chi connectivity index (χ1) is 8.33. The lowest BCUT2D eigenvalue weighted by Gasteiger charge is -1.98. The summed E-state index contributed by atoms with van der Waals surface area (Å²) >= 11 is 0. The second kappa shape index (κ2) is 5.63. The van der Waals surface area contributed by atoms with Crippen LogP contribution in [0.2, 0.25) is 0 Å². The van der Waals surface area contributed by atoms with Gasteiger partial charge in [-0.15, -0.1) is 0 Å². The Balaban J connectivity index is 2.02. The molecule has 0 bridgehead atoms. The third-order valence-corrected chi connectivity index (χ3v) is 2.58. The minimum absolute atomic E-state index is 0.815. The van der Waals surface area contributed by atoms with Crippen LogP contribution in [0.25, 0.3) is 5.82 Å². The molecule has 0 fully saturated rings. The molecule has 0 unspecified atom stereocenters. The molecule has 0 radical (unpaired) electrons. The Morgan fingerprint density at radius 2 is 2.24 bits per heavy atom. The van der Waals surface area contributed by atoms with E-state index in [0.29, 0.717) is 0 Å². The molecule has 0 aliphatic carbocycles. The van der Waals surface area contributed by atoms with Gasteiger partial charge in [-0.25, -0.2) is 4.98 Å². The molecule has 5 nitrogen and oxygen atoms in total. The largest absolute Gasteiger partial charge is 0.311 e. The van der Waals surface area contributed by atoms with Crippen molar-refractivity contribution in [2.24, 2.45) is 0 Å². The molecule has 0 atom stereocenters. The van der Waals surface area contributed by atoms with Crippen LogP contribution in [-0.4, -0.2) is 25.9 Å². The zero-order valence-corrected chi connectivity index (χ0v) is 10.4. The molecule has 0 saturated carbocycles. The van der Waals surface area contributed by atoms with E-state index in [-0.39, 0.29) is 0 Å². The van der Waals surface area contributed by atoms with Crippen LogP contribution in [0, 0.1) is 0 Å². The molecule has 2 rings (SSSR count). The minimum atomic E-state index is 0.815. The summed E-state index contributed by atoms with van der Waals surface area (Å²) in [5.41, 5.74) is 1.05. The van der Waals surface area contributed by atoms with Crippen LogP contribution in [0.1, 0.15) is 26.0 Å². The van der Waals surface area contributed by atoms with Crippen LogP contribution < -0.4 is 5.32 Å². The maximum Gasteiger partial charge on any atom is 0.159 e. The highest BCUT2D eigenvalue weighted by atomic mass is 15.3. The van der Waals surface area contributed by atoms with Crippen molar-refractivity contribution in [2.75, 3.05) is 6.54 Å². The lowest BCUT2D eigenvalue weighted by atomic mass is 10.4. The van der Waals surface area contributed by atoms with Gasteiger partial charge in [0.2, 0.25) is 0 Å². The predicted octanol–water partition coefficient (Wildman–Crippen LogP) is 1.59. The molecule has 2 aromatic rings. The van der Waals surface area contributed by atoms with Crippen molar-refractivity contribution in [3.8, 4) is 5.82 Å². The van der Waals surface area contributed by atoms with Gasteiger partial charge >= 0.3 is 0 Å². The van der Waals surface area contributed by atoms with Crippen LogP contribution in [0.5, 0.6) is 0 Å². The Morgan fingerprint density at radius 3 is 2.94 bits per heavy atom. The first kappa shape index (κ1) is 11.9. The maximum atomic E-state index is 4.43. The normalized spacial score (nSPS) is 10.9. The molecule has 0 amide bonds. The standard InChI is InChI=1S/C12H19N5/c1-3-6-13-8-11-9-16(10-14-11)12-5-7-17(4-2)15-12/h5,7,9-10,13H,3-4,6,8H2,1-2H3. The molecule has 0 aliphatic heterocycles. The van der Waals surface area contributed by atoms with Gasteiger partial charge in [0.25, 0.3) is 0 Å². The summed E-state index contributed by atoms with van der Waals surface area (Å²) in [6.45, 7) is 6.96. The van der Waals surface area contributed by atoms with Gasteiger partial charge in [0.05, 0.1) is 5.69 Å². The number of hydrogen-bond donors (Lipinski definition) is 1. The van der Waals surface area contributed by atoms with E-state index < -0.39 is 0 Å². The molecule has 2 heterocycles. The number of hydrogen-bond acceptors (Lipinski definition) is 3. The summed E-state index contributed by atoms with van der Waals surface area (Å²) in [7, 11) is 0. The molecule has 0 aliphatic rings. The van der Waals surface area contributed by atoms with E-state index in [0.717, 1.165) is 37.6 Å². The molecule has 17 heavy (non-hydrogen) atoms. The molecular weight excluding hydrogens is 214 g/mol. The summed E-state index contributed by atoms with van der Waals surface area (Å²) in [6, 6.07) is 1.99. The van der Waals surface area contributed by atoms with Crippen LogP contribution in [0.15, 0.2) is 24.8 Å². The summed E-state index contributed by atoms with van der Waals surface area (Å²) in [5, 5.41) is 7.76. The molecular formula is C12H19N5. The van der Waals surface area contributed by atoms with Crippen LogP contribution in [0.3, 0.4) is 0 Å². The summed E-state index contributed by atoms with van der Waals surface area (Å²) in [4.78, 5) is 4.35. The Bertz CT molecular complexity index is 457. The van der Waals surface area contributed by atoms with Gasteiger partial charge in [0.15, 0.2) is 5.82 Å². The smallest absolute Gasteiger partial charge is 0.159 e. The molecule has 5 heteroatoms.